The van der Waals surface area contributed by atoms with Crippen molar-refractivity contribution in [3.63, 3.8) is 0 Å². The molecule has 0 aromatic heterocycles. The maximum atomic E-state index is 10.9. The van der Waals surface area contributed by atoms with E-state index in [-0.39, 0.29) is 16.9 Å². The first kappa shape index (κ1) is 9.25. The van der Waals surface area contributed by atoms with Gasteiger partial charge in [-0.15, -0.1) is 0 Å². The van der Waals surface area contributed by atoms with Gasteiger partial charge in [0.05, 0.1) is 11.1 Å². The molecule has 0 spiro atoms. The van der Waals surface area contributed by atoms with Gasteiger partial charge in [-0.3, -0.25) is 9.59 Å². The van der Waals surface area contributed by atoms with Crippen molar-refractivity contribution in [2.24, 2.45) is 0 Å². The zero-order valence-electron chi connectivity index (χ0n) is 6.94. The molecule has 0 unspecified atom stereocenters. The number of hydrogen-bond acceptors (Lipinski definition) is 4. The zero-order valence-corrected chi connectivity index (χ0v) is 6.94. The van der Waals surface area contributed by atoms with E-state index in [9.17, 15) is 19.8 Å². The molecule has 68 valence electrons. The van der Waals surface area contributed by atoms with Crippen LogP contribution in [0.1, 0.15) is 27.6 Å². The molecule has 0 fully saturated rings. The van der Waals surface area contributed by atoms with E-state index in [0.717, 1.165) is 0 Å². The maximum Gasteiger partial charge on any atom is 0.169 e. The number of ketones is 1. The quantitative estimate of drug-likeness (QED) is 0.406. The van der Waals surface area contributed by atoms with Crippen molar-refractivity contribution in [2.45, 2.75) is 6.92 Å². The Morgan fingerprint density at radius 2 is 1.92 bits per heavy atom. The van der Waals surface area contributed by atoms with Gasteiger partial charge in [-0.2, -0.15) is 0 Å². The Balaban J connectivity index is 3.39. The molecule has 1 rings (SSSR count). The normalized spacial score (nSPS) is 9.62. The molecule has 0 bridgehead atoms. The Bertz CT molecular complexity index is 368. The van der Waals surface area contributed by atoms with Gasteiger partial charge in [-0.25, -0.2) is 0 Å². The van der Waals surface area contributed by atoms with Gasteiger partial charge in [-0.05, 0) is 19.1 Å². The molecule has 0 aliphatic carbocycles. The molecule has 0 radical (unpaired) electrons. The summed E-state index contributed by atoms with van der Waals surface area (Å²) in [7, 11) is 0. The molecule has 1 aromatic rings. The lowest BCUT2D eigenvalue weighted by Crippen LogP contribution is -1.94. The first-order valence-electron chi connectivity index (χ1n) is 3.59. The van der Waals surface area contributed by atoms with E-state index < -0.39 is 11.5 Å². The van der Waals surface area contributed by atoms with Crippen LogP contribution in [0.2, 0.25) is 0 Å². The van der Waals surface area contributed by atoms with Crippen LogP contribution in [0.4, 0.5) is 0 Å². The fourth-order valence-electron chi connectivity index (χ4n) is 0.974. The largest absolute Gasteiger partial charge is 0.504 e. The van der Waals surface area contributed by atoms with E-state index >= 15 is 0 Å². The minimum absolute atomic E-state index is 0.00287. The van der Waals surface area contributed by atoms with E-state index in [1.54, 1.807) is 0 Å². The molecule has 4 heteroatoms. The van der Waals surface area contributed by atoms with Gasteiger partial charge in [0, 0.05) is 0 Å². The number of carbonyl (C=O) groups is 2. The summed E-state index contributed by atoms with van der Waals surface area (Å²) in [5, 5.41) is 18.4. The van der Waals surface area contributed by atoms with Gasteiger partial charge >= 0.3 is 0 Å². The van der Waals surface area contributed by atoms with Crippen molar-refractivity contribution < 1.29 is 19.8 Å². The second kappa shape index (κ2) is 3.26. The average Bonchev–Trinajstić information content (AvgIpc) is 2.09. The van der Waals surface area contributed by atoms with Gasteiger partial charge in [0.15, 0.2) is 23.6 Å². The van der Waals surface area contributed by atoms with Gasteiger partial charge in [-0.1, -0.05) is 0 Å². The lowest BCUT2D eigenvalue weighted by molar-refractivity contribution is 0.101. The summed E-state index contributed by atoms with van der Waals surface area (Å²) in [4.78, 5) is 21.2. The fourth-order valence-corrected chi connectivity index (χ4v) is 0.974. The van der Waals surface area contributed by atoms with E-state index in [1.165, 1.54) is 19.1 Å². The highest BCUT2D eigenvalue weighted by Gasteiger charge is 2.13. The lowest BCUT2D eigenvalue weighted by atomic mass is 10.1. The molecule has 0 aliphatic heterocycles. The van der Waals surface area contributed by atoms with Gasteiger partial charge in [0.25, 0.3) is 0 Å². The number of Topliss-reactive ketones (excluding diaryl/α,β-unsaturated/α-hetero) is 1. The molecule has 4 nitrogen and oxygen atoms in total. The predicted molar refractivity (Wildman–Crippen MR) is 45.2 cm³/mol. The second-order valence-electron chi connectivity index (χ2n) is 2.57. The van der Waals surface area contributed by atoms with Crippen molar-refractivity contribution in [3.8, 4) is 11.5 Å². The second-order valence-corrected chi connectivity index (χ2v) is 2.57. The molecule has 0 aliphatic rings. The molecule has 0 saturated carbocycles. The monoisotopic (exact) mass is 180 g/mol. The Morgan fingerprint density at radius 3 is 2.38 bits per heavy atom. The number of hydrogen-bond donors (Lipinski definition) is 2. The third-order valence-corrected chi connectivity index (χ3v) is 1.69. The minimum atomic E-state index is -0.553. The number of carbonyl (C=O) groups excluding carboxylic acids is 2. The third kappa shape index (κ3) is 1.51. The van der Waals surface area contributed by atoms with E-state index in [0.29, 0.717) is 6.29 Å². The zero-order chi connectivity index (χ0) is 10.0. The van der Waals surface area contributed by atoms with Crippen LogP contribution in [0.15, 0.2) is 12.1 Å². The summed E-state index contributed by atoms with van der Waals surface area (Å²) in [6, 6.07) is 2.57. The van der Waals surface area contributed by atoms with Gasteiger partial charge in [0.1, 0.15) is 0 Å². The third-order valence-electron chi connectivity index (χ3n) is 1.69. The standard InChI is InChI=1S/C9H8O4/c1-5(11)7-3-2-6(4-10)8(12)9(7)13/h2-4,12-13H,1H3. The molecule has 2 N–H and O–H groups in total. The maximum absolute atomic E-state index is 10.9. The summed E-state index contributed by atoms with van der Waals surface area (Å²) in [6.45, 7) is 1.26. The predicted octanol–water partition coefficient (Wildman–Crippen LogP) is 1.11. The molecular formula is C9H8O4. The molecule has 0 saturated heterocycles. The lowest BCUT2D eigenvalue weighted by Gasteiger charge is -2.03. The highest BCUT2D eigenvalue weighted by Crippen LogP contribution is 2.31. The van der Waals surface area contributed by atoms with Crippen LogP contribution >= 0.6 is 0 Å². The van der Waals surface area contributed by atoms with Gasteiger partial charge in [0.2, 0.25) is 0 Å². The molecule has 1 aromatic carbocycles. The Kier molecular flexibility index (Phi) is 2.32. The van der Waals surface area contributed by atoms with Crippen LogP contribution in [0.5, 0.6) is 11.5 Å². The molecule has 13 heavy (non-hydrogen) atoms. The van der Waals surface area contributed by atoms with Crippen LogP contribution in [0.25, 0.3) is 0 Å². The van der Waals surface area contributed by atoms with Crippen LogP contribution in [-0.2, 0) is 0 Å². The van der Waals surface area contributed by atoms with Crippen molar-refractivity contribution in [2.75, 3.05) is 0 Å². The first-order chi connectivity index (χ1) is 6.07. The number of phenolic OH excluding ortho intramolecular Hbond substituents is 2. The highest BCUT2D eigenvalue weighted by atomic mass is 16.3. The van der Waals surface area contributed by atoms with E-state index in [1.807, 2.05) is 0 Å². The summed E-state index contributed by atoms with van der Waals surface area (Å²) in [5.74, 6) is -1.47. The van der Waals surface area contributed by atoms with Crippen LogP contribution in [0.3, 0.4) is 0 Å². The van der Waals surface area contributed by atoms with E-state index in [4.69, 9.17) is 0 Å². The number of aldehydes is 1. The van der Waals surface area contributed by atoms with Crippen molar-refractivity contribution in [3.05, 3.63) is 23.3 Å². The van der Waals surface area contributed by atoms with Crippen molar-refractivity contribution >= 4 is 12.1 Å². The van der Waals surface area contributed by atoms with E-state index in [2.05, 4.69) is 0 Å². The topological polar surface area (TPSA) is 74.6 Å². The van der Waals surface area contributed by atoms with Gasteiger partial charge < -0.3 is 10.2 Å². The summed E-state index contributed by atoms with van der Waals surface area (Å²) in [6.07, 6.45) is 0.402. The molecule has 0 heterocycles. The van der Waals surface area contributed by atoms with Crippen LogP contribution in [-0.4, -0.2) is 22.3 Å². The SMILES string of the molecule is CC(=O)c1ccc(C=O)c(O)c1O. The summed E-state index contributed by atoms with van der Waals surface area (Å²) < 4.78 is 0. The number of benzene rings is 1. The Labute approximate surface area is 74.4 Å². The summed E-state index contributed by atoms with van der Waals surface area (Å²) in [5.41, 5.74) is -0.0365. The van der Waals surface area contributed by atoms with Crippen molar-refractivity contribution in [1.82, 2.24) is 0 Å². The van der Waals surface area contributed by atoms with Crippen LogP contribution in [0, 0.1) is 0 Å². The Morgan fingerprint density at radius 1 is 1.31 bits per heavy atom. The smallest absolute Gasteiger partial charge is 0.169 e. The fraction of sp³-hybridized carbons (Fsp3) is 0.111. The molecular weight excluding hydrogens is 172 g/mol. The average molecular weight is 180 g/mol. The molecule has 0 atom stereocenters. The first-order valence-corrected chi connectivity index (χ1v) is 3.59. The highest BCUT2D eigenvalue weighted by molar-refractivity contribution is 5.99. The number of aromatic hydroxyl groups is 2. The molecule has 0 amide bonds. The number of phenols is 2. The minimum Gasteiger partial charge on any atom is -0.504 e. The van der Waals surface area contributed by atoms with Crippen LogP contribution < -0.4 is 0 Å². The number of rotatable bonds is 2. The van der Waals surface area contributed by atoms with Crippen molar-refractivity contribution in [1.29, 1.82) is 0 Å². The Hall–Kier alpha value is -1.84. The summed E-state index contributed by atoms with van der Waals surface area (Å²) >= 11 is 0.